The fourth-order valence-electron chi connectivity index (χ4n) is 3.15. The van der Waals surface area contributed by atoms with Gasteiger partial charge in [-0.05, 0) is 43.9 Å². The van der Waals surface area contributed by atoms with Crippen molar-refractivity contribution in [2.75, 3.05) is 11.9 Å². The summed E-state index contributed by atoms with van der Waals surface area (Å²) >= 11 is 0. The van der Waals surface area contributed by atoms with Crippen molar-refractivity contribution in [3.63, 3.8) is 0 Å². The maximum absolute atomic E-state index is 12.3. The van der Waals surface area contributed by atoms with Crippen LogP contribution < -0.4 is 16.4 Å². The number of benzene rings is 1. The van der Waals surface area contributed by atoms with Crippen LogP contribution >= 0.6 is 12.4 Å². The van der Waals surface area contributed by atoms with E-state index in [4.69, 9.17) is 5.73 Å². The largest absolute Gasteiger partial charge is 0.347 e. The molecule has 0 aromatic heterocycles. The Morgan fingerprint density at radius 2 is 2.08 bits per heavy atom. The Labute approximate surface area is 150 Å². The smallest absolute Gasteiger partial charge is 0.243 e. The van der Waals surface area contributed by atoms with E-state index in [0.29, 0.717) is 0 Å². The summed E-state index contributed by atoms with van der Waals surface area (Å²) in [5.41, 5.74) is 7.66. The van der Waals surface area contributed by atoms with Crippen LogP contribution in [0.4, 0.5) is 5.69 Å². The molecule has 2 unspecified atom stereocenters. The third-order valence-electron chi connectivity index (χ3n) is 4.61. The minimum Gasteiger partial charge on any atom is -0.347 e. The van der Waals surface area contributed by atoms with Crippen molar-refractivity contribution in [1.29, 1.82) is 0 Å². The fraction of sp³-hybridized carbons (Fsp3) is 0.556. The van der Waals surface area contributed by atoms with Gasteiger partial charge in [0.15, 0.2) is 0 Å². The predicted molar refractivity (Wildman–Crippen MR) is 99.3 cm³/mol. The van der Waals surface area contributed by atoms with Crippen LogP contribution in [0.25, 0.3) is 0 Å². The Bertz CT molecular complexity index is 575. The van der Waals surface area contributed by atoms with Crippen molar-refractivity contribution in [1.82, 2.24) is 5.32 Å². The third kappa shape index (κ3) is 5.49. The molecule has 1 aliphatic carbocycles. The first-order valence-electron chi connectivity index (χ1n) is 8.38. The molecule has 1 aliphatic rings. The van der Waals surface area contributed by atoms with Gasteiger partial charge in [-0.1, -0.05) is 31.9 Å². The van der Waals surface area contributed by atoms with Crippen LogP contribution in [0.3, 0.4) is 0 Å². The first kappa shape index (κ1) is 20.5. The highest BCUT2D eigenvalue weighted by Crippen LogP contribution is 2.31. The number of amides is 2. The number of nitrogens with one attached hydrogen (secondary N) is 2. The molecule has 0 radical (unpaired) electrons. The lowest BCUT2D eigenvalue weighted by molar-refractivity contribution is -0.130. The Kier molecular flexibility index (Phi) is 7.70. The van der Waals surface area contributed by atoms with Gasteiger partial charge in [0, 0.05) is 11.2 Å². The summed E-state index contributed by atoms with van der Waals surface area (Å²) < 4.78 is 0. The molecule has 6 heteroatoms. The van der Waals surface area contributed by atoms with Crippen molar-refractivity contribution in [2.24, 2.45) is 11.7 Å². The van der Waals surface area contributed by atoms with Crippen molar-refractivity contribution in [3.05, 3.63) is 29.8 Å². The highest BCUT2D eigenvalue weighted by molar-refractivity contribution is 5.95. The van der Waals surface area contributed by atoms with Crippen molar-refractivity contribution < 1.29 is 9.59 Å². The number of rotatable bonds is 5. The van der Waals surface area contributed by atoms with Gasteiger partial charge >= 0.3 is 0 Å². The van der Waals surface area contributed by atoms with Crippen LogP contribution in [0.1, 0.15) is 45.1 Å². The lowest BCUT2D eigenvalue weighted by atomic mass is 9.74. The van der Waals surface area contributed by atoms with Crippen molar-refractivity contribution >= 4 is 29.9 Å². The molecule has 0 saturated heterocycles. The second-order valence-electron chi connectivity index (χ2n) is 6.62. The minimum atomic E-state index is -0.478. The van der Waals surface area contributed by atoms with Crippen LogP contribution in [-0.4, -0.2) is 23.9 Å². The summed E-state index contributed by atoms with van der Waals surface area (Å²) in [5, 5.41) is 5.54. The zero-order chi connectivity index (χ0) is 16.9. The minimum absolute atomic E-state index is 0. The molecule has 24 heavy (non-hydrogen) atoms. The van der Waals surface area contributed by atoms with E-state index in [1.807, 2.05) is 31.2 Å². The van der Waals surface area contributed by atoms with Crippen LogP contribution in [0.15, 0.2) is 24.3 Å². The summed E-state index contributed by atoms with van der Waals surface area (Å²) in [6, 6.07) is 7.71. The number of halogens is 1. The van der Waals surface area contributed by atoms with E-state index < -0.39 is 5.54 Å². The molecule has 1 saturated carbocycles. The van der Waals surface area contributed by atoms with Gasteiger partial charge in [-0.25, -0.2) is 0 Å². The van der Waals surface area contributed by atoms with Crippen molar-refractivity contribution in [2.45, 2.75) is 51.5 Å². The summed E-state index contributed by atoms with van der Waals surface area (Å²) in [6.07, 6.45) is 4.63. The maximum Gasteiger partial charge on any atom is 0.243 e. The molecule has 1 fully saturated rings. The summed E-state index contributed by atoms with van der Waals surface area (Å²) in [4.78, 5) is 24.3. The zero-order valence-electron chi connectivity index (χ0n) is 14.4. The molecule has 0 spiro atoms. The van der Waals surface area contributed by atoms with Gasteiger partial charge in [0.2, 0.25) is 11.8 Å². The molecule has 134 valence electrons. The third-order valence-corrected chi connectivity index (χ3v) is 4.61. The Morgan fingerprint density at radius 3 is 2.75 bits per heavy atom. The van der Waals surface area contributed by atoms with E-state index in [2.05, 4.69) is 17.6 Å². The molecule has 1 aromatic carbocycles. The van der Waals surface area contributed by atoms with Gasteiger partial charge in [-0.3, -0.25) is 9.59 Å². The van der Waals surface area contributed by atoms with Gasteiger partial charge in [0.1, 0.15) is 0 Å². The van der Waals surface area contributed by atoms with Gasteiger partial charge in [-0.2, -0.15) is 0 Å². The van der Waals surface area contributed by atoms with Crippen molar-refractivity contribution in [3.8, 4) is 0 Å². The van der Waals surface area contributed by atoms with Gasteiger partial charge in [0.05, 0.1) is 12.5 Å². The van der Waals surface area contributed by atoms with Crippen LogP contribution in [0.5, 0.6) is 0 Å². The molecule has 2 amide bonds. The van der Waals surface area contributed by atoms with E-state index in [9.17, 15) is 9.59 Å². The second kappa shape index (κ2) is 9.04. The molecule has 2 atom stereocenters. The first-order valence-corrected chi connectivity index (χ1v) is 8.38. The average molecular weight is 354 g/mol. The van der Waals surface area contributed by atoms with E-state index in [0.717, 1.165) is 43.4 Å². The quantitative estimate of drug-likeness (QED) is 0.760. The monoisotopic (exact) mass is 353 g/mol. The van der Waals surface area contributed by atoms with Crippen LogP contribution in [0.2, 0.25) is 0 Å². The Balaban J connectivity index is 0.00000288. The lowest BCUT2D eigenvalue weighted by Crippen LogP contribution is -2.53. The number of hydrogen-bond donors (Lipinski definition) is 3. The summed E-state index contributed by atoms with van der Waals surface area (Å²) in [6.45, 7) is 3.96. The standard InChI is InChI=1S/C18H27N3O2.ClH/c1-3-13-7-6-8-14(11-13)21-16(22)12-20-17(23)15-9-4-5-10-18(15,2)19;/h6-8,11,15H,3-5,9-10,12,19H2,1-2H3,(H,20,23)(H,21,22);1H. The Hall–Kier alpha value is -1.59. The predicted octanol–water partition coefficient (Wildman–Crippen LogP) is 2.63. The van der Waals surface area contributed by atoms with Gasteiger partial charge < -0.3 is 16.4 Å². The molecule has 0 heterocycles. The number of carbonyl (C=O) groups is 2. The normalized spacial score (nSPS) is 23.0. The lowest BCUT2D eigenvalue weighted by Gasteiger charge is -2.37. The number of hydrogen-bond acceptors (Lipinski definition) is 3. The van der Waals surface area contributed by atoms with Crippen LogP contribution in [0, 0.1) is 5.92 Å². The van der Waals surface area contributed by atoms with E-state index in [-0.39, 0.29) is 36.7 Å². The molecule has 0 bridgehead atoms. The van der Waals surface area contributed by atoms with Gasteiger partial charge in [0.25, 0.3) is 0 Å². The van der Waals surface area contributed by atoms with Crippen LogP contribution in [-0.2, 0) is 16.0 Å². The molecule has 1 aromatic rings. The maximum atomic E-state index is 12.3. The Morgan fingerprint density at radius 1 is 1.33 bits per heavy atom. The SMILES string of the molecule is CCc1cccc(NC(=O)CNC(=O)C2CCCCC2(C)N)c1.Cl. The van der Waals surface area contributed by atoms with Gasteiger partial charge in [-0.15, -0.1) is 12.4 Å². The molecule has 2 rings (SSSR count). The van der Waals surface area contributed by atoms with E-state index in [1.54, 1.807) is 0 Å². The number of aryl methyl sites for hydroxylation is 1. The molecule has 5 nitrogen and oxygen atoms in total. The van der Waals surface area contributed by atoms with E-state index in [1.165, 1.54) is 0 Å². The zero-order valence-corrected chi connectivity index (χ0v) is 15.2. The highest BCUT2D eigenvalue weighted by Gasteiger charge is 2.37. The second-order valence-corrected chi connectivity index (χ2v) is 6.62. The topological polar surface area (TPSA) is 84.2 Å². The molecular weight excluding hydrogens is 326 g/mol. The molecule has 4 N–H and O–H groups in total. The average Bonchev–Trinajstić information content (AvgIpc) is 2.52. The molecule has 0 aliphatic heterocycles. The molecular formula is C18H28ClN3O2. The number of carbonyl (C=O) groups excluding carboxylic acids is 2. The first-order chi connectivity index (χ1) is 10.9. The fourth-order valence-corrected chi connectivity index (χ4v) is 3.15. The highest BCUT2D eigenvalue weighted by atomic mass is 35.5. The summed E-state index contributed by atoms with van der Waals surface area (Å²) in [7, 11) is 0. The van der Waals surface area contributed by atoms with E-state index >= 15 is 0 Å². The summed E-state index contributed by atoms with van der Waals surface area (Å²) in [5.74, 6) is -0.555. The number of anilines is 1. The number of nitrogens with two attached hydrogens (primary N) is 1.